The first-order valence-corrected chi connectivity index (χ1v) is 11.3. The van der Waals surface area contributed by atoms with Gasteiger partial charge in [0.05, 0.1) is 12.2 Å². The Morgan fingerprint density at radius 3 is 2.83 bits per heavy atom. The van der Waals surface area contributed by atoms with E-state index in [9.17, 15) is 13.2 Å². The van der Waals surface area contributed by atoms with Crippen molar-refractivity contribution < 1.29 is 17.9 Å². The first-order chi connectivity index (χ1) is 14.5. The molecule has 4 rings (SSSR count). The molecule has 10 heteroatoms. The molecule has 8 nitrogen and oxygen atoms in total. The van der Waals surface area contributed by atoms with Crippen LogP contribution in [0.3, 0.4) is 0 Å². The second kappa shape index (κ2) is 8.66. The highest BCUT2D eigenvalue weighted by Crippen LogP contribution is 2.19. The number of fused-ring (bicyclic) bond motifs is 1. The van der Waals surface area contributed by atoms with Crippen molar-refractivity contribution in [2.75, 3.05) is 11.9 Å². The molecule has 1 amide bonds. The number of anilines is 1. The number of benzene rings is 1. The van der Waals surface area contributed by atoms with E-state index in [1.54, 1.807) is 35.7 Å². The van der Waals surface area contributed by atoms with Gasteiger partial charge in [0.1, 0.15) is 22.2 Å². The molecule has 0 spiro atoms. The second-order valence-corrected chi connectivity index (χ2v) is 9.26. The number of nitrogens with one attached hydrogen (secondary N) is 2. The normalized spacial score (nSPS) is 11.5. The Bertz CT molecular complexity index is 1230. The molecule has 0 atom stereocenters. The molecule has 3 heterocycles. The topological polar surface area (TPSA) is 102 Å². The molecule has 0 fully saturated rings. The molecule has 0 aliphatic heterocycles. The number of carbonyl (C=O) groups excluding carboxylic acids is 1. The summed E-state index contributed by atoms with van der Waals surface area (Å²) in [5.74, 6) is 0.0802. The van der Waals surface area contributed by atoms with Crippen LogP contribution in [0.5, 0.6) is 5.75 Å². The average Bonchev–Trinajstić information content (AvgIpc) is 3.41. The number of aromatic nitrogens is 2. The van der Waals surface area contributed by atoms with Gasteiger partial charge < -0.3 is 14.5 Å². The first kappa shape index (κ1) is 20.1. The smallest absolute Gasteiger partial charge is 0.250 e. The summed E-state index contributed by atoms with van der Waals surface area (Å²) < 4.78 is 34.3. The van der Waals surface area contributed by atoms with Gasteiger partial charge in [-0.3, -0.25) is 4.79 Å². The minimum atomic E-state index is -3.69. The number of hydrogen-bond donors (Lipinski definition) is 2. The summed E-state index contributed by atoms with van der Waals surface area (Å²) in [6.07, 6.45) is 3.80. The molecule has 154 valence electrons. The quantitative estimate of drug-likeness (QED) is 0.437. The van der Waals surface area contributed by atoms with Crippen molar-refractivity contribution in [3.63, 3.8) is 0 Å². The zero-order valence-corrected chi connectivity index (χ0v) is 17.3. The van der Waals surface area contributed by atoms with Crippen LogP contribution >= 0.6 is 11.3 Å². The summed E-state index contributed by atoms with van der Waals surface area (Å²) >= 11 is 1.09. The third-order valence-corrected chi connectivity index (χ3v) is 6.90. The van der Waals surface area contributed by atoms with Gasteiger partial charge in [-0.2, -0.15) is 0 Å². The number of nitrogens with zero attached hydrogens (tertiary/aromatic N) is 2. The Morgan fingerprint density at radius 1 is 1.13 bits per heavy atom. The molecule has 0 aliphatic carbocycles. The highest BCUT2D eigenvalue weighted by atomic mass is 32.2. The van der Waals surface area contributed by atoms with Gasteiger partial charge in [0.2, 0.25) is 5.91 Å². The molecule has 4 aromatic rings. The molecule has 0 saturated carbocycles. The van der Waals surface area contributed by atoms with Crippen molar-refractivity contribution in [3.05, 3.63) is 78.1 Å². The molecule has 0 saturated heterocycles. The van der Waals surface area contributed by atoms with E-state index in [4.69, 9.17) is 4.74 Å². The lowest BCUT2D eigenvalue weighted by Gasteiger charge is -2.09. The number of ether oxygens (including phenoxy) is 1. The van der Waals surface area contributed by atoms with E-state index >= 15 is 0 Å². The number of amides is 1. The summed E-state index contributed by atoms with van der Waals surface area (Å²) in [7, 11) is -3.69. The fourth-order valence-corrected chi connectivity index (χ4v) is 4.75. The molecule has 0 aliphatic rings. The van der Waals surface area contributed by atoms with Crippen LogP contribution in [0.1, 0.15) is 5.69 Å². The summed E-state index contributed by atoms with van der Waals surface area (Å²) in [4.78, 5) is 16.6. The van der Waals surface area contributed by atoms with E-state index < -0.39 is 15.9 Å². The van der Waals surface area contributed by atoms with Gasteiger partial charge in [-0.25, -0.2) is 18.1 Å². The second-order valence-electron chi connectivity index (χ2n) is 6.32. The number of pyridine rings is 1. The van der Waals surface area contributed by atoms with Gasteiger partial charge in [-0.05, 0) is 35.7 Å². The number of sulfonamides is 1. The van der Waals surface area contributed by atoms with Crippen molar-refractivity contribution in [2.24, 2.45) is 0 Å². The predicted octanol–water partition coefficient (Wildman–Crippen LogP) is 2.89. The summed E-state index contributed by atoms with van der Waals surface area (Å²) in [6, 6.07) is 15.7. The van der Waals surface area contributed by atoms with Gasteiger partial charge in [-0.1, -0.05) is 18.2 Å². The maximum atomic E-state index is 12.1. The summed E-state index contributed by atoms with van der Waals surface area (Å²) in [6.45, 7) is -0.0910. The Balaban J connectivity index is 1.33. The van der Waals surface area contributed by atoms with E-state index in [2.05, 4.69) is 15.0 Å². The lowest BCUT2D eigenvalue weighted by atomic mass is 10.3. The number of carbonyl (C=O) groups is 1. The maximum Gasteiger partial charge on any atom is 0.250 e. The van der Waals surface area contributed by atoms with Gasteiger partial charge >= 0.3 is 0 Å². The van der Waals surface area contributed by atoms with E-state index in [0.29, 0.717) is 11.4 Å². The van der Waals surface area contributed by atoms with Crippen LogP contribution < -0.4 is 14.8 Å². The molecule has 0 unspecified atom stereocenters. The Morgan fingerprint density at radius 2 is 2.03 bits per heavy atom. The zero-order chi connectivity index (χ0) is 21.0. The minimum Gasteiger partial charge on any atom is -0.487 e. The Hall–Kier alpha value is -3.21. The van der Waals surface area contributed by atoms with Crippen LogP contribution in [0.2, 0.25) is 0 Å². The fraction of sp³-hybridized carbons (Fsp3) is 0.100. The van der Waals surface area contributed by atoms with Crippen LogP contribution in [-0.4, -0.2) is 30.3 Å². The average molecular weight is 443 g/mol. The van der Waals surface area contributed by atoms with Gasteiger partial charge in [0.25, 0.3) is 10.0 Å². The van der Waals surface area contributed by atoms with Gasteiger partial charge in [0, 0.05) is 24.1 Å². The lowest BCUT2D eigenvalue weighted by molar-refractivity contribution is -0.115. The molecular formula is C20H18N4O4S2. The van der Waals surface area contributed by atoms with Crippen LogP contribution in [0.4, 0.5) is 5.69 Å². The Kier molecular flexibility index (Phi) is 5.79. The van der Waals surface area contributed by atoms with Crippen LogP contribution in [0, 0.1) is 0 Å². The highest BCUT2D eigenvalue weighted by molar-refractivity contribution is 7.91. The molecule has 2 N–H and O–H groups in total. The maximum absolute atomic E-state index is 12.1. The van der Waals surface area contributed by atoms with Gasteiger partial charge in [0.15, 0.2) is 0 Å². The van der Waals surface area contributed by atoms with E-state index in [1.807, 2.05) is 35.0 Å². The van der Waals surface area contributed by atoms with Crippen LogP contribution in [-0.2, 0) is 21.4 Å². The van der Waals surface area contributed by atoms with Crippen molar-refractivity contribution in [1.29, 1.82) is 0 Å². The summed E-state index contributed by atoms with van der Waals surface area (Å²) in [5, 5.41) is 4.32. The third kappa shape index (κ3) is 4.85. The van der Waals surface area contributed by atoms with Gasteiger partial charge in [-0.15, -0.1) is 11.3 Å². The summed E-state index contributed by atoms with van der Waals surface area (Å²) in [5.41, 5.74) is 2.11. The standard InChI is InChI=1S/C20H18N4O4S2/c25-19(12-21-30(26,27)20-8-4-10-29-20)23-15-5-3-6-17(11-15)28-14-16-13-24-9-2-1-7-18(24)22-16/h1-11,13,21H,12,14H2,(H,23,25). The van der Waals surface area contributed by atoms with Crippen LogP contribution in [0.25, 0.3) is 5.65 Å². The highest BCUT2D eigenvalue weighted by Gasteiger charge is 2.16. The first-order valence-electron chi connectivity index (χ1n) is 8.98. The van der Waals surface area contributed by atoms with Crippen molar-refractivity contribution in [3.8, 4) is 5.75 Å². The van der Waals surface area contributed by atoms with Crippen molar-refractivity contribution in [1.82, 2.24) is 14.1 Å². The van der Waals surface area contributed by atoms with E-state index in [1.165, 1.54) is 6.07 Å². The lowest BCUT2D eigenvalue weighted by Crippen LogP contribution is -2.32. The Labute approximate surface area is 177 Å². The predicted molar refractivity (Wildman–Crippen MR) is 114 cm³/mol. The fourth-order valence-electron chi connectivity index (χ4n) is 2.73. The molecule has 0 bridgehead atoms. The molecule has 3 aromatic heterocycles. The zero-order valence-electron chi connectivity index (χ0n) is 15.7. The van der Waals surface area contributed by atoms with Crippen molar-refractivity contribution in [2.45, 2.75) is 10.8 Å². The minimum absolute atomic E-state index is 0.164. The molecular weight excluding hydrogens is 424 g/mol. The number of thiophene rings is 1. The molecule has 0 radical (unpaired) electrons. The van der Waals surface area contributed by atoms with E-state index in [-0.39, 0.29) is 17.4 Å². The number of imidazole rings is 1. The molecule has 1 aromatic carbocycles. The molecule has 30 heavy (non-hydrogen) atoms. The SMILES string of the molecule is O=C(CNS(=O)(=O)c1cccs1)Nc1cccc(OCc2cn3ccccc3n2)c1. The van der Waals surface area contributed by atoms with E-state index in [0.717, 1.165) is 22.7 Å². The number of rotatable bonds is 8. The largest absolute Gasteiger partial charge is 0.487 e. The van der Waals surface area contributed by atoms with Crippen molar-refractivity contribution >= 4 is 38.6 Å². The third-order valence-electron chi connectivity index (χ3n) is 4.10. The van der Waals surface area contributed by atoms with Crippen LogP contribution in [0.15, 0.2) is 76.6 Å². The monoisotopic (exact) mass is 442 g/mol. The number of hydrogen-bond acceptors (Lipinski definition) is 6.